The number of fused-ring (bicyclic) bond motifs is 3. The molecule has 2 bridgehead atoms. The van der Waals surface area contributed by atoms with E-state index in [1.165, 1.54) is 6.42 Å². The van der Waals surface area contributed by atoms with Gasteiger partial charge in [0.15, 0.2) is 5.65 Å². The highest BCUT2D eigenvalue weighted by Gasteiger charge is 2.38. The number of rotatable bonds is 4. The molecule has 0 spiro atoms. The molecule has 0 radical (unpaired) electrons. The van der Waals surface area contributed by atoms with Crippen molar-refractivity contribution in [2.45, 2.75) is 37.4 Å². The Balaban J connectivity index is 1.46. The Morgan fingerprint density at radius 3 is 2.78 bits per heavy atom. The molecule has 9 heteroatoms. The normalized spacial score (nSPS) is 24.1. The second-order valence-electron chi connectivity index (χ2n) is 7.57. The summed E-state index contributed by atoms with van der Waals surface area (Å²) in [4.78, 5) is 24.1. The van der Waals surface area contributed by atoms with E-state index in [0.717, 1.165) is 36.6 Å². The first-order valence-corrected chi connectivity index (χ1v) is 10.2. The Kier molecular flexibility index (Phi) is 3.30. The molecule has 3 aliphatic heterocycles. The molecule has 8 nitrogen and oxygen atoms in total. The van der Waals surface area contributed by atoms with Gasteiger partial charge in [0.05, 0.1) is 5.56 Å². The number of anilines is 1. The van der Waals surface area contributed by atoms with E-state index in [1.54, 1.807) is 22.0 Å². The van der Waals surface area contributed by atoms with E-state index in [4.69, 9.17) is 10.1 Å². The Labute approximate surface area is 159 Å². The van der Waals surface area contributed by atoms with Gasteiger partial charge in [-0.15, -0.1) is 16.4 Å². The van der Waals surface area contributed by atoms with Crippen LogP contribution in [0, 0.1) is 0 Å². The van der Waals surface area contributed by atoms with Crippen LogP contribution in [0.25, 0.3) is 16.3 Å². The number of thiazole rings is 1. The van der Waals surface area contributed by atoms with E-state index in [1.807, 2.05) is 17.5 Å². The predicted octanol–water partition coefficient (Wildman–Crippen LogP) is 1.30. The van der Waals surface area contributed by atoms with Crippen LogP contribution in [0.4, 0.5) is 5.95 Å². The van der Waals surface area contributed by atoms with Gasteiger partial charge in [-0.25, -0.2) is 9.50 Å². The van der Waals surface area contributed by atoms with Crippen molar-refractivity contribution in [3.05, 3.63) is 29.3 Å². The smallest absolute Gasteiger partial charge is 0.255 e. The first-order chi connectivity index (χ1) is 13.2. The lowest BCUT2D eigenvalue weighted by molar-refractivity contribution is 0.0952. The fourth-order valence-electron chi connectivity index (χ4n) is 3.94. The summed E-state index contributed by atoms with van der Waals surface area (Å²) in [6.07, 6.45) is 5.12. The molecule has 1 aliphatic carbocycles. The molecule has 3 aromatic heterocycles. The molecule has 3 aromatic rings. The van der Waals surface area contributed by atoms with Crippen molar-refractivity contribution in [3.63, 3.8) is 0 Å². The van der Waals surface area contributed by atoms with Crippen molar-refractivity contribution in [2.24, 2.45) is 0 Å². The van der Waals surface area contributed by atoms with Gasteiger partial charge >= 0.3 is 0 Å². The number of carbonyl (C=O) groups excluding carboxylic acids is 1. The molecule has 1 saturated carbocycles. The molecule has 6 heterocycles. The molecule has 2 unspecified atom stereocenters. The summed E-state index contributed by atoms with van der Waals surface area (Å²) in [5.74, 6) is 0.617. The second-order valence-corrected chi connectivity index (χ2v) is 8.46. The van der Waals surface area contributed by atoms with Crippen LogP contribution in [0.2, 0.25) is 0 Å². The van der Waals surface area contributed by atoms with Gasteiger partial charge in [0.1, 0.15) is 10.7 Å². The monoisotopic (exact) mass is 381 g/mol. The fraction of sp³-hybridized carbons (Fsp3) is 0.444. The summed E-state index contributed by atoms with van der Waals surface area (Å²) >= 11 is 1.55. The maximum atomic E-state index is 12.7. The number of pyridine rings is 1. The molecule has 7 rings (SSSR count). The highest BCUT2D eigenvalue weighted by Crippen LogP contribution is 2.29. The molecule has 4 aliphatic rings. The van der Waals surface area contributed by atoms with Gasteiger partial charge in [0, 0.05) is 42.8 Å². The summed E-state index contributed by atoms with van der Waals surface area (Å²) in [5, 5.41) is 14.2. The van der Waals surface area contributed by atoms with Crippen molar-refractivity contribution in [1.82, 2.24) is 30.2 Å². The molecule has 138 valence electrons. The molecule has 4 fully saturated rings. The molecule has 2 N–H and O–H groups in total. The largest absolute Gasteiger partial charge is 0.349 e. The first kappa shape index (κ1) is 15.5. The summed E-state index contributed by atoms with van der Waals surface area (Å²) in [6.45, 7) is 1.81. The van der Waals surface area contributed by atoms with E-state index >= 15 is 0 Å². The van der Waals surface area contributed by atoms with Gasteiger partial charge in [-0.05, 0) is 31.4 Å². The van der Waals surface area contributed by atoms with Gasteiger partial charge in [0.25, 0.3) is 5.91 Å². The van der Waals surface area contributed by atoms with E-state index < -0.39 is 0 Å². The van der Waals surface area contributed by atoms with E-state index in [0.29, 0.717) is 35.3 Å². The number of nitrogens with one attached hydrogen (secondary N) is 2. The number of nitrogens with zero attached hydrogens (tertiary/aromatic N) is 5. The van der Waals surface area contributed by atoms with Crippen LogP contribution in [0.3, 0.4) is 0 Å². The first-order valence-electron chi connectivity index (χ1n) is 9.36. The number of aromatic nitrogens is 4. The Bertz CT molecular complexity index is 1010. The van der Waals surface area contributed by atoms with Gasteiger partial charge < -0.3 is 15.5 Å². The van der Waals surface area contributed by atoms with Gasteiger partial charge in [0.2, 0.25) is 5.95 Å². The number of amides is 1. The van der Waals surface area contributed by atoms with Gasteiger partial charge in [-0.3, -0.25) is 4.79 Å². The lowest BCUT2D eigenvalue weighted by atomic mass is 9.92. The molecule has 27 heavy (non-hydrogen) atoms. The van der Waals surface area contributed by atoms with Crippen molar-refractivity contribution >= 4 is 28.8 Å². The number of hydrogen-bond donors (Lipinski definition) is 2. The molecule has 1 amide bonds. The van der Waals surface area contributed by atoms with Crippen molar-refractivity contribution in [2.75, 3.05) is 18.0 Å². The third-order valence-corrected chi connectivity index (χ3v) is 6.28. The van der Waals surface area contributed by atoms with Crippen molar-refractivity contribution in [3.8, 4) is 10.7 Å². The molecular weight excluding hydrogens is 362 g/mol. The van der Waals surface area contributed by atoms with E-state index in [9.17, 15) is 4.79 Å². The SMILES string of the molecule is O=C(NC1CC1)c1ccc(-c2nccs2)n2nc(N3CC4CC(C3)N4)nc12. The summed E-state index contributed by atoms with van der Waals surface area (Å²) < 4.78 is 1.78. The van der Waals surface area contributed by atoms with Crippen LogP contribution >= 0.6 is 11.3 Å². The van der Waals surface area contributed by atoms with Crippen LogP contribution in [0.5, 0.6) is 0 Å². The minimum Gasteiger partial charge on any atom is -0.349 e. The maximum Gasteiger partial charge on any atom is 0.255 e. The summed E-state index contributed by atoms with van der Waals surface area (Å²) in [5.41, 5.74) is 2.03. The Morgan fingerprint density at radius 1 is 1.26 bits per heavy atom. The zero-order valence-electron chi connectivity index (χ0n) is 14.6. The lowest BCUT2D eigenvalue weighted by Gasteiger charge is -2.47. The third-order valence-electron chi connectivity index (χ3n) is 5.49. The van der Waals surface area contributed by atoms with Gasteiger partial charge in [-0.1, -0.05) is 0 Å². The van der Waals surface area contributed by atoms with Crippen molar-refractivity contribution in [1.29, 1.82) is 0 Å². The quantitative estimate of drug-likeness (QED) is 0.708. The minimum absolute atomic E-state index is 0.0738. The molecular formula is C18H19N7OS. The maximum absolute atomic E-state index is 12.7. The average Bonchev–Trinajstić information content (AvgIpc) is 3.14. The molecule has 2 atom stereocenters. The minimum atomic E-state index is -0.0738. The summed E-state index contributed by atoms with van der Waals surface area (Å²) in [7, 11) is 0. The van der Waals surface area contributed by atoms with Crippen LogP contribution in [0.15, 0.2) is 23.7 Å². The number of carbonyl (C=O) groups is 1. The average molecular weight is 381 g/mol. The fourth-order valence-corrected chi connectivity index (χ4v) is 4.59. The van der Waals surface area contributed by atoms with Crippen LogP contribution < -0.4 is 15.5 Å². The second kappa shape index (κ2) is 5.74. The molecule has 3 saturated heterocycles. The van der Waals surface area contributed by atoms with E-state index in [2.05, 4.69) is 20.5 Å². The topological polar surface area (TPSA) is 87.5 Å². The number of piperazine rings is 1. The number of piperidine rings is 1. The highest BCUT2D eigenvalue weighted by molar-refractivity contribution is 7.13. The van der Waals surface area contributed by atoms with Crippen molar-refractivity contribution < 1.29 is 4.79 Å². The molecule has 0 aromatic carbocycles. The highest BCUT2D eigenvalue weighted by atomic mass is 32.1. The van der Waals surface area contributed by atoms with Crippen LogP contribution in [0.1, 0.15) is 29.6 Å². The standard InChI is InChI=1S/C18H19N7OS/c26-16(21-10-1-2-10)13-3-4-14(17-19-5-6-27-17)25-15(13)22-18(23-25)24-8-11-7-12(9-24)20-11/h3-6,10-12,20H,1-2,7-9H2,(H,21,26). The predicted molar refractivity (Wildman–Crippen MR) is 102 cm³/mol. The zero-order valence-corrected chi connectivity index (χ0v) is 15.4. The summed E-state index contributed by atoms with van der Waals surface area (Å²) in [6, 6.07) is 5.11. The van der Waals surface area contributed by atoms with Gasteiger partial charge in [-0.2, -0.15) is 4.98 Å². The number of hydrogen-bond acceptors (Lipinski definition) is 7. The van der Waals surface area contributed by atoms with Crippen LogP contribution in [-0.2, 0) is 0 Å². The van der Waals surface area contributed by atoms with E-state index in [-0.39, 0.29) is 5.91 Å². The zero-order chi connectivity index (χ0) is 18.0. The lowest BCUT2D eigenvalue weighted by Crippen LogP contribution is -2.67. The van der Waals surface area contributed by atoms with Crippen LogP contribution in [-0.4, -0.2) is 56.7 Å². The Morgan fingerprint density at radius 2 is 2.07 bits per heavy atom. The Hall–Kier alpha value is -2.52. The third kappa shape index (κ3) is 2.61.